The van der Waals surface area contributed by atoms with Crippen molar-refractivity contribution < 1.29 is 9.59 Å². The maximum Gasteiger partial charge on any atom is 0.251 e. The molecule has 0 aliphatic carbocycles. The molecule has 7 nitrogen and oxygen atoms in total. The molecule has 1 N–H and O–H groups in total. The predicted molar refractivity (Wildman–Crippen MR) is 177 cm³/mol. The number of nitrogens with zero attached hydrogens (tertiary/aromatic N) is 4. The first kappa shape index (κ1) is 31.8. The van der Waals surface area contributed by atoms with E-state index in [-0.39, 0.29) is 24.1 Å². The molecule has 0 aliphatic heterocycles. The summed E-state index contributed by atoms with van der Waals surface area (Å²) >= 11 is 1.29. The lowest BCUT2D eigenvalue weighted by Crippen LogP contribution is -2.42. The van der Waals surface area contributed by atoms with Crippen LogP contribution in [0.4, 0.5) is 11.4 Å². The molecule has 0 spiro atoms. The Balaban J connectivity index is 1.73. The van der Waals surface area contributed by atoms with Gasteiger partial charge in [-0.25, -0.2) is 9.97 Å². The molecule has 2 amide bonds. The molecular weight excluding hydrogens is 554 g/mol. The number of anilines is 2. The van der Waals surface area contributed by atoms with Crippen LogP contribution >= 0.6 is 11.8 Å². The Morgan fingerprint density at radius 1 is 0.837 bits per heavy atom. The fourth-order valence-corrected chi connectivity index (χ4v) is 5.69. The van der Waals surface area contributed by atoms with Crippen LogP contribution in [0.2, 0.25) is 0 Å². The lowest BCUT2D eigenvalue weighted by Gasteiger charge is -2.32. The van der Waals surface area contributed by atoms with E-state index in [4.69, 9.17) is 0 Å². The molecule has 1 heterocycles. The number of thioether (sulfide) groups is 1. The van der Waals surface area contributed by atoms with Gasteiger partial charge in [0.25, 0.3) is 5.91 Å². The zero-order valence-electron chi connectivity index (χ0n) is 26.1. The number of hydrogen-bond donors (Lipinski definition) is 1. The van der Waals surface area contributed by atoms with Crippen LogP contribution in [-0.4, -0.2) is 46.5 Å². The van der Waals surface area contributed by atoms with Crippen LogP contribution < -0.4 is 10.2 Å². The van der Waals surface area contributed by atoms with Gasteiger partial charge in [0.1, 0.15) is 6.04 Å². The van der Waals surface area contributed by atoms with Crippen LogP contribution in [0.25, 0.3) is 0 Å². The molecular formula is C35H41N5O2S. The highest BCUT2D eigenvalue weighted by molar-refractivity contribution is 7.99. The second-order valence-electron chi connectivity index (χ2n) is 11.3. The van der Waals surface area contributed by atoms with Crippen molar-refractivity contribution in [1.82, 2.24) is 14.9 Å². The van der Waals surface area contributed by atoms with Crippen molar-refractivity contribution in [2.24, 2.45) is 0 Å². The Morgan fingerprint density at radius 2 is 1.44 bits per heavy atom. The summed E-state index contributed by atoms with van der Waals surface area (Å²) in [5, 5.41) is 3.63. The van der Waals surface area contributed by atoms with Crippen LogP contribution in [0, 0.1) is 20.8 Å². The molecule has 1 aromatic heterocycles. The smallest absolute Gasteiger partial charge is 0.251 e. The topological polar surface area (TPSA) is 78.4 Å². The fourth-order valence-electron chi connectivity index (χ4n) is 4.85. The van der Waals surface area contributed by atoms with E-state index in [2.05, 4.69) is 29.1 Å². The van der Waals surface area contributed by atoms with Gasteiger partial charge in [-0.3, -0.25) is 9.59 Å². The van der Waals surface area contributed by atoms with Gasteiger partial charge in [-0.1, -0.05) is 74.1 Å². The molecule has 224 valence electrons. The van der Waals surface area contributed by atoms with E-state index in [9.17, 15) is 9.59 Å². The zero-order chi connectivity index (χ0) is 31.1. The second-order valence-corrected chi connectivity index (χ2v) is 12.3. The van der Waals surface area contributed by atoms with E-state index in [0.717, 1.165) is 33.8 Å². The van der Waals surface area contributed by atoms with Gasteiger partial charge in [0.05, 0.1) is 5.75 Å². The minimum Gasteiger partial charge on any atom is -0.378 e. The quantitative estimate of drug-likeness (QED) is 0.147. The normalized spacial score (nSPS) is 11.7. The van der Waals surface area contributed by atoms with E-state index >= 15 is 0 Å². The van der Waals surface area contributed by atoms with Crippen LogP contribution in [0.15, 0.2) is 84.0 Å². The average Bonchev–Trinajstić information content (AvgIpc) is 2.96. The molecule has 4 aromatic rings. The van der Waals surface area contributed by atoms with Gasteiger partial charge in [-0.05, 0) is 79.3 Å². The Bertz CT molecular complexity index is 1530. The molecule has 0 bridgehead atoms. The molecule has 1 unspecified atom stereocenters. The molecule has 3 aromatic carbocycles. The van der Waals surface area contributed by atoms with E-state index < -0.39 is 6.04 Å². The molecule has 43 heavy (non-hydrogen) atoms. The highest BCUT2D eigenvalue weighted by Crippen LogP contribution is 2.29. The average molecular weight is 596 g/mol. The SMILES string of the molecule is Cc1cc(C)nc(SCC(=O)N(Cc2ccccc2C)C(C(=O)Nc2ccc(N(C)C)cc2)c2ccc(C(C)C)cc2)n1. The van der Waals surface area contributed by atoms with Crippen LogP contribution in [0.1, 0.15) is 59.4 Å². The Morgan fingerprint density at radius 3 is 2.02 bits per heavy atom. The third-order valence-corrected chi connectivity index (χ3v) is 8.17. The summed E-state index contributed by atoms with van der Waals surface area (Å²) in [7, 11) is 3.95. The molecule has 0 aliphatic rings. The van der Waals surface area contributed by atoms with Crippen molar-refractivity contribution in [2.45, 2.75) is 58.3 Å². The van der Waals surface area contributed by atoms with Crippen molar-refractivity contribution in [3.63, 3.8) is 0 Å². The lowest BCUT2D eigenvalue weighted by atomic mass is 9.97. The standard InChI is InChI=1S/C35H41N5O2S/c1-23(2)27-12-14-28(15-13-27)33(34(42)38-30-16-18-31(19-17-30)39(6)7)40(21-29-11-9-8-10-24(29)3)32(41)22-43-35-36-25(4)20-26(5)37-35/h8-20,23,33H,21-22H2,1-7H3,(H,38,42). The maximum absolute atomic E-state index is 14.2. The first-order valence-electron chi connectivity index (χ1n) is 14.5. The van der Waals surface area contributed by atoms with Crippen molar-refractivity contribution in [2.75, 3.05) is 30.1 Å². The van der Waals surface area contributed by atoms with Crippen LogP contribution in [-0.2, 0) is 16.1 Å². The van der Waals surface area contributed by atoms with Crippen LogP contribution in [0.5, 0.6) is 0 Å². The van der Waals surface area contributed by atoms with Crippen LogP contribution in [0.3, 0.4) is 0 Å². The van der Waals surface area contributed by atoms with Gasteiger partial charge in [0, 0.05) is 43.4 Å². The van der Waals surface area contributed by atoms with Gasteiger partial charge in [0.15, 0.2) is 5.16 Å². The van der Waals surface area contributed by atoms with Gasteiger partial charge in [-0.15, -0.1) is 0 Å². The third-order valence-electron chi connectivity index (χ3n) is 7.34. The first-order valence-corrected chi connectivity index (χ1v) is 15.5. The van der Waals surface area contributed by atoms with E-state index in [0.29, 0.717) is 16.8 Å². The minimum atomic E-state index is -0.859. The number of rotatable bonds is 11. The van der Waals surface area contributed by atoms with E-state index in [1.807, 2.05) is 119 Å². The van der Waals surface area contributed by atoms with Gasteiger partial charge in [0.2, 0.25) is 5.91 Å². The molecule has 0 radical (unpaired) electrons. The van der Waals surface area contributed by atoms with Crippen molar-refractivity contribution in [3.8, 4) is 0 Å². The molecule has 0 saturated carbocycles. The number of carbonyl (C=O) groups is 2. The fraction of sp³-hybridized carbons (Fsp3) is 0.314. The van der Waals surface area contributed by atoms with Crippen molar-refractivity contribution in [3.05, 3.63) is 113 Å². The highest BCUT2D eigenvalue weighted by atomic mass is 32.2. The van der Waals surface area contributed by atoms with E-state index in [1.54, 1.807) is 4.90 Å². The monoisotopic (exact) mass is 595 g/mol. The summed E-state index contributed by atoms with van der Waals surface area (Å²) in [4.78, 5) is 41.0. The molecule has 4 rings (SSSR count). The first-order chi connectivity index (χ1) is 20.5. The summed E-state index contributed by atoms with van der Waals surface area (Å²) in [6.45, 7) is 10.4. The molecule has 1 atom stereocenters. The number of aromatic nitrogens is 2. The number of nitrogens with one attached hydrogen (secondary N) is 1. The number of carbonyl (C=O) groups excluding carboxylic acids is 2. The van der Waals surface area contributed by atoms with Crippen molar-refractivity contribution >= 4 is 35.0 Å². The number of aryl methyl sites for hydroxylation is 3. The minimum absolute atomic E-state index is 0.0974. The third kappa shape index (κ3) is 8.45. The van der Waals surface area contributed by atoms with Gasteiger partial charge in [-0.2, -0.15) is 0 Å². The summed E-state index contributed by atoms with van der Waals surface area (Å²) in [5.74, 6) is -0.00728. The van der Waals surface area contributed by atoms with E-state index in [1.165, 1.54) is 17.3 Å². The number of benzene rings is 3. The van der Waals surface area contributed by atoms with Crippen molar-refractivity contribution in [1.29, 1.82) is 0 Å². The van der Waals surface area contributed by atoms with Gasteiger partial charge >= 0.3 is 0 Å². The second kappa shape index (κ2) is 14.3. The maximum atomic E-state index is 14.2. The zero-order valence-corrected chi connectivity index (χ0v) is 26.9. The number of amides is 2. The lowest BCUT2D eigenvalue weighted by molar-refractivity contribution is -0.137. The Kier molecular flexibility index (Phi) is 10.6. The van der Waals surface area contributed by atoms with Gasteiger partial charge < -0.3 is 15.1 Å². The summed E-state index contributed by atoms with van der Waals surface area (Å²) in [6.07, 6.45) is 0. The Hall–Kier alpha value is -4.17. The molecule has 8 heteroatoms. The summed E-state index contributed by atoms with van der Waals surface area (Å²) < 4.78 is 0. The Labute approximate surface area is 259 Å². The summed E-state index contributed by atoms with van der Waals surface area (Å²) in [6, 6.07) is 24.7. The highest BCUT2D eigenvalue weighted by Gasteiger charge is 2.32. The molecule has 0 fully saturated rings. The predicted octanol–water partition coefficient (Wildman–Crippen LogP) is 7.09. The molecule has 0 saturated heterocycles. The number of hydrogen-bond acceptors (Lipinski definition) is 6. The summed E-state index contributed by atoms with van der Waals surface area (Å²) in [5.41, 5.74) is 7.35. The largest absolute Gasteiger partial charge is 0.378 e.